The molecule has 22 heavy (non-hydrogen) atoms. The highest BCUT2D eigenvalue weighted by Crippen LogP contribution is 2.32. The van der Waals surface area contributed by atoms with Crippen LogP contribution in [0.5, 0.6) is 0 Å². The largest absolute Gasteiger partial charge is 0.274 e. The van der Waals surface area contributed by atoms with Crippen molar-refractivity contribution in [1.82, 2.24) is 9.55 Å². The minimum Gasteiger partial charge on any atom is -0.274 e. The third kappa shape index (κ3) is 2.78. The fraction of sp³-hybridized carbons (Fsp3) is 0.0588. The van der Waals surface area contributed by atoms with Crippen LogP contribution in [0.2, 0.25) is 10.3 Å². The molecule has 110 valence electrons. The minimum atomic E-state index is -0.173. The van der Waals surface area contributed by atoms with Crippen molar-refractivity contribution in [3.05, 3.63) is 65.0 Å². The first-order valence-electron chi connectivity index (χ1n) is 6.67. The van der Waals surface area contributed by atoms with E-state index in [1.54, 1.807) is 6.20 Å². The van der Waals surface area contributed by atoms with Gasteiger partial charge in [-0.2, -0.15) is 0 Å². The number of carbonyl (C=O) groups is 1. The third-order valence-electron chi connectivity index (χ3n) is 3.36. The van der Waals surface area contributed by atoms with Gasteiger partial charge in [-0.1, -0.05) is 48.0 Å². The molecule has 0 saturated heterocycles. The van der Waals surface area contributed by atoms with Crippen molar-refractivity contribution < 1.29 is 4.79 Å². The zero-order chi connectivity index (χ0) is 15.7. The lowest BCUT2D eigenvalue weighted by molar-refractivity contribution is 0.0937. The number of aromatic nitrogens is 2. The van der Waals surface area contributed by atoms with Crippen molar-refractivity contribution >= 4 is 29.1 Å². The SMILES string of the molecule is CC(=O)n1cc(-c2ccccc2-c2ccc(Cl)cc2)nc1Cl. The van der Waals surface area contributed by atoms with Gasteiger partial charge in [-0.25, -0.2) is 4.98 Å². The lowest BCUT2D eigenvalue weighted by Crippen LogP contribution is -2.03. The summed E-state index contributed by atoms with van der Waals surface area (Å²) in [4.78, 5) is 15.8. The molecule has 3 aromatic rings. The number of imidazole rings is 1. The molecule has 0 unspecified atom stereocenters. The molecular formula is C17H12Cl2N2O. The molecule has 0 saturated carbocycles. The molecule has 1 aromatic heterocycles. The molecule has 0 amide bonds. The van der Waals surface area contributed by atoms with Gasteiger partial charge in [-0.3, -0.25) is 9.36 Å². The van der Waals surface area contributed by atoms with Crippen LogP contribution in [-0.4, -0.2) is 15.5 Å². The highest BCUT2D eigenvalue weighted by Gasteiger charge is 2.14. The van der Waals surface area contributed by atoms with Crippen LogP contribution in [0.25, 0.3) is 22.4 Å². The van der Waals surface area contributed by atoms with Crippen LogP contribution in [0, 0.1) is 0 Å². The fourth-order valence-electron chi connectivity index (χ4n) is 2.30. The number of hydrogen-bond donors (Lipinski definition) is 0. The van der Waals surface area contributed by atoms with E-state index in [1.165, 1.54) is 11.5 Å². The average Bonchev–Trinajstić information content (AvgIpc) is 2.90. The topological polar surface area (TPSA) is 34.9 Å². The standard InChI is InChI=1S/C17H12Cl2N2O/c1-11(22)21-10-16(20-17(21)19)15-5-3-2-4-14(15)12-6-8-13(18)9-7-12/h2-10H,1H3. The summed E-state index contributed by atoms with van der Waals surface area (Å²) in [6.45, 7) is 1.45. The molecule has 0 aliphatic heterocycles. The van der Waals surface area contributed by atoms with Crippen LogP contribution in [0.3, 0.4) is 0 Å². The molecule has 2 aromatic carbocycles. The molecule has 0 bridgehead atoms. The normalized spacial score (nSPS) is 10.7. The highest BCUT2D eigenvalue weighted by atomic mass is 35.5. The maximum Gasteiger partial charge on any atom is 0.229 e. The summed E-state index contributed by atoms with van der Waals surface area (Å²) < 4.78 is 1.33. The molecule has 3 nitrogen and oxygen atoms in total. The van der Waals surface area contributed by atoms with E-state index < -0.39 is 0 Å². The molecule has 0 spiro atoms. The van der Waals surface area contributed by atoms with Gasteiger partial charge in [0.25, 0.3) is 0 Å². The van der Waals surface area contributed by atoms with Crippen molar-refractivity contribution in [2.24, 2.45) is 0 Å². The van der Waals surface area contributed by atoms with Crippen LogP contribution in [0.4, 0.5) is 0 Å². The quantitative estimate of drug-likeness (QED) is 0.648. The Morgan fingerprint density at radius 2 is 1.64 bits per heavy atom. The Bertz CT molecular complexity index is 838. The summed E-state index contributed by atoms with van der Waals surface area (Å²) in [6, 6.07) is 15.4. The van der Waals surface area contributed by atoms with Gasteiger partial charge < -0.3 is 0 Å². The Morgan fingerprint density at radius 1 is 1.00 bits per heavy atom. The number of rotatable bonds is 2. The molecule has 0 fully saturated rings. The number of carbonyl (C=O) groups excluding carboxylic acids is 1. The van der Waals surface area contributed by atoms with Crippen molar-refractivity contribution in [3.8, 4) is 22.4 Å². The van der Waals surface area contributed by atoms with E-state index in [0.29, 0.717) is 10.7 Å². The van der Waals surface area contributed by atoms with Crippen molar-refractivity contribution in [2.45, 2.75) is 6.92 Å². The highest BCUT2D eigenvalue weighted by molar-refractivity contribution is 6.30. The van der Waals surface area contributed by atoms with Crippen LogP contribution in [0.1, 0.15) is 11.7 Å². The van der Waals surface area contributed by atoms with Crippen LogP contribution in [0.15, 0.2) is 54.7 Å². The Labute approximate surface area is 138 Å². The van der Waals surface area contributed by atoms with Crippen LogP contribution < -0.4 is 0 Å². The summed E-state index contributed by atoms with van der Waals surface area (Å²) in [5.74, 6) is -0.173. The predicted molar refractivity (Wildman–Crippen MR) is 89.4 cm³/mol. The molecule has 0 aliphatic rings. The number of benzene rings is 2. The predicted octanol–water partition coefficient (Wildman–Crippen LogP) is 5.18. The molecule has 0 aliphatic carbocycles. The second kappa shape index (κ2) is 5.95. The van der Waals surface area contributed by atoms with Gasteiger partial charge in [0.15, 0.2) is 0 Å². The van der Waals surface area contributed by atoms with E-state index >= 15 is 0 Å². The average molecular weight is 331 g/mol. The van der Waals surface area contributed by atoms with Gasteiger partial charge in [0, 0.05) is 23.7 Å². The van der Waals surface area contributed by atoms with Gasteiger partial charge >= 0.3 is 0 Å². The van der Waals surface area contributed by atoms with Crippen LogP contribution in [-0.2, 0) is 0 Å². The van der Waals surface area contributed by atoms with E-state index in [1.807, 2.05) is 48.5 Å². The summed E-state index contributed by atoms with van der Waals surface area (Å²) in [5, 5.41) is 0.846. The first kappa shape index (κ1) is 14.8. The minimum absolute atomic E-state index is 0.161. The smallest absolute Gasteiger partial charge is 0.229 e. The molecular weight excluding hydrogens is 319 g/mol. The fourth-order valence-corrected chi connectivity index (χ4v) is 2.68. The number of halogens is 2. The molecule has 0 atom stereocenters. The molecule has 1 heterocycles. The zero-order valence-electron chi connectivity index (χ0n) is 11.8. The summed E-state index contributed by atoms with van der Waals surface area (Å²) >= 11 is 12.0. The first-order chi connectivity index (χ1) is 10.6. The Morgan fingerprint density at radius 3 is 2.23 bits per heavy atom. The first-order valence-corrected chi connectivity index (χ1v) is 7.43. The van der Waals surface area contributed by atoms with E-state index in [2.05, 4.69) is 4.98 Å². The van der Waals surface area contributed by atoms with Gasteiger partial charge in [0.2, 0.25) is 11.2 Å². The molecule has 3 rings (SSSR count). The second-order valence-corrected chi connectivity index (χ2v) is 5.61. The summed E-state index contributed by atoms with van der Waals surface area (Å²) in [6.07, 6.45) is 1.65. The number of hydrogen-bond acceptors (Lipinski definition) is 2. The van der Waals surface area contributed by atoms with Gasteiger partial charge in [0.05, 0.1) is 5.69 Å². The van der Waals surface area contributed by atoms with E-state index in [0.717, 1.165) is 16.7 Å². The summed E-state index contributed by atoms with van der Waals surface area (Å²) in [5.41, 5.74) is 3.59. The Kier molecular flexibility index (Phi) is 4.01. The van der Waals surface area contributed by atoms with Crippen molar-refractivity contribution in [1.29, 1.82) is 0 Å². The molecule has 5 heteroatoms. The Balaban J connectivity index is 2.14. The zero-order valence-corrected chi connectivity index (χ0v) is 13.3. The lowest BCUT2D eigenvalue weighted by atomic mass is 9.98. The van der Waals surface area contributed by atoms with Crippen molar-refractivity contribution in [3.63, 3.8) is 0 Å². The van der Waals surface area contributed by atoms with E-state index in [-0.39, 0.29) is 11.2 Å². The molecule has 0 radical (unpaired) electrons. The monoisotopic (exact) mass is 330 g/mol. The Hall–Kier alpha value is -2.10. The van der Waals surface area contributed by atoms with E-state index in [4.69, 9.17) is 23.2 Å². The second-order valence-electron chi connectivity index (χ2n) is 4.84. The maximum absolute atomic E-state index is 11.5. The van der Waals surface area contributed by atoms with Gasteiger partial charge in [-0.05, 0) is 34.9 Å². The summed E-state index contributed by atoms with van der Waals surface area (Å²) in [7, 11) is 0. The van der Waals surface area contributed by atoms with Gasteiger partial charge in [-0.15, -0.1) is 0 Å². The van der Waals surface area contributed by atoms with Crippen molar-refractivity contribution in [2.75, 3.05) is 0 Å². The van der Waals surface area contributed by atoms with Gasteiger partial charge in [0.1, 0.15) is 0 Å². The number of nitrogens with zero attached hydrogens (tertiary/aromatic N) is 2. The van der Waals surface area contributed by atoms with E-state index in [9.17, 15) is 4.79 Å². The molecule has 0 N–H and O–H groups in total. The van der Waals surface area contributed by atoms with Crippen LogP contribution >= 0.6 is 23.2 Å². The lowest BCUT2D eigenvalue weighted by Gasteiger charge is -2.07. The third-order valence-corrected chi connectivity index (χ3v) is 3.88. The maximum atomic E-state index is 11.5.